The van der Waals surface area contributed by atoms with Crippen LogP contribution in [-0.2, 0) is 17.8 Å². The van der Waals surface area contributed by atoms with Crippen molar-refractivity contribution < 1.29 is 18.7 Å². The van der Waals surface area contributed by atoms with Gasteiger partial charge in [0.05, 0.1) is 13.7 Å². The lowest BCUT2D eigenvalue weighted by Crippen LogP contribution is -2.44. The summed E-state index contributed by atoms with van der Waals surface area (Å²) in [6.45, 7) is 1.63. The normalized spacial score (nSPS) is 19.6. The molecule has 5 nitrogen and oxygen atoms in total. The van der Waals surface area contributed by atoms with Gasteiger partial charge in [-0.2, -0.15) is 0 Å². The first kappa shape index (κ1) is 17.9. The molecule has 0 spiro atoms. The standard InChI is InChI=1S/C20H21FN2O3/c1-20(12-11-14-7-9-16(26-2)10-8-14)18(24)23(19(25)22-20)13-15-5-3-4-6-17(15)21/h3-10H,11-13H2,1-2H3,(H,22,25)/t20-/m0/s1. The molecule has 0 saturated carbocycles. The predicted molar refractivity (Wildman–Crippen MR) is 95.2 cm³/mol. The van der Waals surface area contributed by atoms with Gasteiger partial charge in [0, 0.05) is 5.56 Å². The fraction of sp³-hybridized carbons (Fsp3) is 0.300. The highest BCUT2D eigenvalue weighted by Gasteiger charge is 2.47. The fourth-order valence-corrected chi connectivity index (χ4v) is 3.04. The second kappa shape index (κ2) is 7.15. The Morgan fingerprint density at radius 2 is 1.81 bits per heavy atom. The Hall–Kier alpha value is -2.89. The number of hydrogen-bond acceptors (Lipinski definition) is 3. The highest BCUT2D eigenvalue weighted by Crippen LogP contribution is 2.25. The molecule has 2 aromatic carbocycles. The minimum Gasteiger partial charge on any atom is -0.497 e. The SMILES string of the molecule is COc1ccc(CC[C@]2(C)NC(=O)N(Cc3ccccc3F)C2=O)cc1. The molecule has 1 aliphatic rings. The topological polar surface area (TPSA) is 58.6 Å². The summed E-state index contributed by atoms with van der Waals surface area (Å²) in [5.41, 5.74) is 0.361. The van der Waals surface area contributed by atoms with Crippen LogP contribution in [0.2, 0.25) is 0 Å². The molecule has 1 aliphatic heterocycles. The molecule has 3 rings (SSSR count). The Balaban J connectivity index is 1.69. The van der Waals surface area contributed by atoms with Gasteiger partial charge in [-0.1, -0.05) is 30.3 Å². The van der Waals surface area contributed by atoms with E-state index in [-0.39, 0.29) is 12.5 Å². The average molecular weight is 356 g/mol. The van der Waals surface area contributed by atoms with Gasteiger partial charge in [0.25, 0.3) is 5.91 Å². The van der Waals surface area contributed by atoms with Crippen molar-refractivity contribution in [2.75, 3.05) is 7.11 Å². The van der Waals surface area contributed by atoms with Crippen LogP contribution in [0.1, 0.15) is 24.5 Å². The number of halogens is 1. The van der Waals surface area contributed by atoms with Crippen LogP contribution in [0, 0.1) is 5.82 Å². The Morgan fingerprint density at radius 3 is 2.46 bits per heavy atom. The third-order valence-corrected chi connectivity index (χ3v) is 4.70. The van der Waals surface area contributed by atoms with E-state index in [9.17, 15) is 14.0 Å². The highest BCUT2D eigenvalue weighted by molar-refractivity contribution is 6.06. The monoisotopic (exact) mass is 356 g/mol. The zero-order chi connectivity index (χ0) is 18.7. The summed E-state index contributed by atoms with van der Waals surface area (Å²) < 4.78 is 19.0. The van der Waals surface area contributed by atoms with E-state index in [2.05, 4.69) is 5.32 Å². The molecule has 1 N–H and O–H groups in total. The van der Waals surface area contributed by atoms with E-state index in [1.807, 2.05) is 24.3 Å². The third-order valence-electron chi connectivity index (χ3n) is 4.70. The smallest absolute Gasteiger partial charge is 0.325 e. The maximum atomic E-state index is 13.8. The van der Waals surface area contributed by atoms with Crippen molar-refractivity contribution in [3.63, 3.8) is 0 Å². The van der Waals surface area contributed by atoms with Crippen molar-refractivity contribution in [3.05, 3.63) is 65.5 Å². The van der Waals surface area contributed by atoms with E-state index >= 15 is 0 Å². The molecule has 1 fully saturated rings. The maximum absolute atomic E-state index is 13.8. The minimum absolute atomic E-state index is 0.0739. The first-order chi connectivity index (χ1) is 12.4. The van der Waals surface area contributed by atoms with Gasteiger partial charge in [-0.05, 0) is 43.5 Å². The minimum atomic E-state index is -0.998. The van der Waals surface area contributed by atoms with Crippen molar-refractivity contribution in [3.8, 4) is 5.75 Å². The predicted octanol–water partition coefficient (Wildman–Crippen LogP) is 3.28. The number of nitrogens with one attached hydrogen (secondary N) is 1. The Kier molecular flexibility index (Phi) is 4.93. The van der Waals surface area contributed by atoms with Crippen molar-refractivity contribution in [1.82, 2.24) is 10.2 Å². The summed E-state index contributed by atoms with van der Waals surface area (Å²) in [4.78, 5) is 26.1. The van der Waals surface area contributed by atoms with Crippen LogP contribution in [0.15, 0.2) is 48.5 Å². The number of benzene rings is 2. The molecular formula is C20H21FN2O3. The maximum Gasteiger partial charge on any atom is 0.325 e. The van der Waals surface area contributed by atoms with Gasteiger partial charge in [-0.15, -0.1) is 0 Å². The summed E-state index contributed by atoms with van der Waals surface area (Å²) >= 11 is 0. The number of carbonyl (C=O) groups excluding carboxylic acids is 2. The lowest BCUT2D eigenvalue weighted by atomic mass is 9.93. The van der Waals surface area contributed by atoms with E-state index in [1.165, 1.54) is 6.07 Å². The van der Waals surface area contributed by atoms with E-state index in [4.69, 9.17) is 4.74 Å². The Bertz CT molecular complexity index is 822. The summed E-state index contributed by atoms with van der Waals surface area (Å²) in [6.07, 6.45) is 1.08. The van der Waals surface area contributed by atoms with Crippen LogP contribution in [0.5, 0.6) is 5.75 Å². The van der Waals surface area contributed by atoms with Crippen LogP contribution in [0.25, 0.3) is 0 Å². The van der Waals surface area contributed by atoms with Crippen LogP contribution >= 0.6 is 0 Å². The van der Waals surface area contributed by atoms with Gasteiger partial charge in [-0.3, -0.25) is 9.69 Å². The number of imide groups is 1. The molecule has 136 valence electrons. The van der Waals surface area contributed by atoms with E-state index in [0.29, 0.717) is 18.4 Å². The molecule has 1 heterocycles. The number of ether oxygens (including phenoxy) is 1. The van der Waals surface area contributed by atoms with Crippen LogP contribution in [-0.4, -0.2) is 29.5 Å². The van der Waals surface area contributed by atoms with Gasteiger partial charge in [-0.25, -0.2) is 9.18 Å². The Labute approximate surface area is 151 Å². The fourth-order valence-electron chi connectivity index (χ4n) is 3.04. The molecular weight excluding hydrogens is 335 g/mol. The van der Waals surface area contributed by atoms with Crippen molar-refractivity contribution in [2.45, 2.75) is 31.8 Å². The second-order valence-electron chi connectivity index (χ2n) is 6.59. The summed E-state index contributed by atoms with van der Waals surface area (Å²) in [5.74, 6) is 0.000436. The number of hydrogen-bond donors (Lipinski definition) is 1. The van der Waals surface area contributed by atoms with Crippen molar-refractivity contribution >= 4 is 11.9 Å². The molecule has 1 saturated heterocycles. The summed E-state index contributed by atoms with van der Waals surface area (Å²) in [7, 11) is 1.60. The van der Waals surface area contributed by atoms with Gasteiger partial charge in [0.2, 0.25) is 0 Å². The molecule has 0 aliphatic carbocycles. The average Bonchev–Trinajstić information content (AvgIpc) is 2.86. The van der Waals surface area contributed by atoms with Gasteiger partial charge in [0.1, 0.15) is 17.1 Å². The van der Waals surface area contributed by atoms with E-state index < -0.39 is 17.4 Å². The van der Waals surface area contributed by atoms with Gasteiger partial charge < -0.3 is 10.1 Å². The molecule has 6 heteroatoms. The molecule has 0 aromatic heterocycles. The van der Waals surface area contributed by atoms with Crippen LogP contribution in [0.3, 0.4) is 0 Å². The number of aryl methyl sites for hydroxylation is 1. The first-order valence-electron chi connectivity index (χ1n) is 8.43. The number of nitrogens with zero attached hydrogens (tertiary/aromatic N) is 1. The van der Waals surface area contributed by atoms with Crippen molar-refractivity contribution in [1.29, 1.82) is 0 Å². The second-order valence-corrected chi connectivity index (χ2v) is 6.59. The van der Waals surface area contributed by atoms with E-state index in [1.54, 1.807) is 32.2 Å². The quantitative estimate of drug-likeness (QED) is 0.808. The zero-order valence-corrected chi connectivity index (χ0v) is 14.8. The molecule has 2 aromatic rings. The molecule has 3 amide bonds. The lowest BCUT2D eigenvalue weighted by Gasteiger charge is -2.22. The van der Waals surface area contributed by atoms with Gasteiger partial charge in [0.15, 0.2) is 0 Å². The number of methoxy groups -OCH3 is 1. The molecule has 0 radical (unpaired) electrons. The number of amides is 3. The largest absolute Gasteiger partial charge is 0.497 e. The van der Waals surface area contributed by atoms with Crippen LogP contribution in [0.4, 0.5) is 9.18 Å². The van der Waals surface area contributed by atoms with Gasteiger partial charge >= 0.3 is 6.03 Å². The number of rotatable bonds is 6. The van der Waals surface area contributed by atoms with Crippen LogP contribution < -0.4 is 10.1 Å². The molecule has 1 atom stereocenters. The Morgan fingerprint density at radius 1 is 1.12 bits per heavy atom. The van der Waals surface area contributed by atoms with E-state index in [0.717, 1.165) is 16.2 Å². The molecule has 26 heavy (non-hydrogen) atoms. The zero-order valence-electron chi connectivity index (χ0n) is 14.8. The molecule has 0 unspecified atom stereocenters. The number of carbonyl (C=O) groups is 2. The molecule has 0 bridgehead atoms. The summed E-state index contributed by atoms with van der Waals surface area (Å²) in [5, 5.41) is 2.75. The summed E-state index contributed by atoms with van der Waals surface area (Å²) in [6, 6.07) is 13.2. The third kappa shape index (κ3) is 3.54. The number of urea groups is 1. The lowest BCUT2D eigenvalue weighted by molar-refractivity contribution is -0.131. The first-order valence-corrected chi connectivity index (χ1v) is 8.43. The van der Waals surface area contributed by atoms with Crippen molar-refractivity contribution in [2.24, 2.45) is 0 Å². The highest BCUT2D eigenvalue weighted by atomic mass is 19.1.